The first-order chi connectivity index (χ1) is 11.7. The first-order valence-corrected chi connectivity index (χ1v) is 9.23. The highest BCUT2D eigenvalue weighted by molar-refractivity contribution is 8.00. The van der Waals surface area contributed by atoms with Crippen LogP contribution in [0.3, 0.4) is 0 Å². The lowest BCUT2D eigenvalue weighted by Gasteiger charge is -2.38. The number of para-hydroxylation sites is 2. The Balaban J connectivity index is 1.83. The van der Waals surface area contributed by atoms with Crippen LogP contribution in [0.25, 0.3) is 0 Å². The highest BCUT2D eigenvalue weighted by atomic mass is 32.2. The van der Waals surface area contributed by atoms with Gasteiger partial charge < -0.3 is 14.9 Å². The monoisotopic (exact) mass is 349 g/mol. The van der Waals surface area contributed by atoms with Crippen LogP contribution in [-0.2, 0) is 0 Å². The van der Waals surface area contributed by atoms with Crippen molar-refractivity contribution in [2.24, 2.45) is 0 Å². The number of benzene rings is 3. The molecule has 0 amide bonds. The second-order valence-electron chi connectivity index (χ2n) is 5.71. The summed E-state index contributed by atoms with van der Waals surface area (Å²) in [5.41, 5.74) is 4.00. The molecule has 3 aromatic rings. The standard InChI is InChI=1S/C18H12BNO2S2/c21-19(22)11-9-16-18-17(10-11)24-15-8-4-2-6-13(15)20(18)12-5-1-3-7-14(12)23-16/h1-10,21-22H. The van der Waals surface area contributed by atoms with Crippen LogP contribution >= 0.6 is 23.5 Å². The first kappa shape index (κ1) is 14.5. The smallest absolute Gasteiger partial charge is 0.423 e. The Morgan fingerprint density at radius 1 is 0.708 bits per heavy atom. The number of fused-ring (bicyclic) bond motifs is 4. The molecule has 6 heteroatoms. The first-order valence-electron chi connectivity index (χ1n) is 7.60. The molecule has 2 aliphatic rings. The van der Waals surface area contributed by atoms with Crippen LogP contribution in [0.5, 0.6) is 0 Å². The maximum Gasteiger partial charge on any atom is 0.488 e. The summed E-state index contributed by atoms with van der Waals surface area (Å²) in [5, 5.41) is 19.3. The van der Waals surface area contributed by atoms with Gasteiger partial charge in [-0.3, -0.25) is 0 Å². The zero-order valence-electron chi connectivity index (χ0n) is 12.5. The summed E-state index contributed by atoms with van der Waals surface area (Å²) in [4.78, 5) is 6.73. The Bertz CT molecular complexity index is 906. The van der Waals surface area contributed by atoms with Gasteiger partial charge in [0, 0.05) is 19.6 Å². The van der Waals surface area contributed by atoms with E-state index < -0.39 is 7.12 Å². The average molecular weight is 349 g/mol. The molecule has 2 heterocycles. The molecule has 0 saturated heterocycles. The van der Waals surface area contributed by atoms with E-state index in [2.05, 4.69) is 41.3 Å². The third-order valence-electron chi connectivity index (χ3n) is 4.24. The van der Waals surface area contributed by atoms with Crippen molar-refractivity contribution in [3.63, 3.8) is 0 Å². The Morgan fingerprint density at radius 2 is 1.21 bits per heavy atom. The quantitative estimate of drug-likeness (QED) is 0.451. The van der Waals surface area contributed by atoms with E-state index in [0.717, 1.165) is 15.5 Å². The molecule has 2 aliphatic heterocycles. The fourth-order valence-corrected chi connectivity index (χ4v) is 5.54. The Labute approximate surface area is 148 Å². The molecule has 3 aromatic carbocycles. The van der Waals surface area contributed by atoms with E-state index in [4.69, 9.17) is 0 Å². The van der Waals surface area contributed by atoms with Crippen molar-refractivity contribution >= 4 is 53.2 Å². The fraction of sp³-hybridized carbons (Fsp3) is 0. The fourth-order valence-electron chi connectivity index (χ4n) is 3.19. The number of nitrogens with zero attached hydrogens (tertiary/aromatic N) is 1. The number of rotatable bonds is 1. The molecule has 24 heavy (non-hydrogen) atoms. The van der Waals surface area contributed by atoms with Gasteiger partial charge >= 0.3 is 7.12 Å². The second kappa shape index (κ2) is 5.32. The molecular formula is C18H12BNO2S2. The van der Waals surface area contributed by atoms with E-state index in [1.165, 1.54) is 21.2 Å². The average Bonchev–Trinajstić information content (AvgIpc) is 2.61. The van der Waals surface area contributed by atoms with Crippen LogP contribution in [0.2, 0.25) is 0 Å². The number of anilines is 3. The van der Waals surface area contributed by atoms with Crippen molar-refractivity contribution in [1.82, 2.24) is 0 Å². The molecule has 116 valence electrons. The van der Waals surface area contributed by atoms with Gasteiger partial charge in [0.25, 0.3) is 0 Å². The van der Waals surface area contributed by atoms with E-state index in [1.807, 2.05) is 24.3 Å². The lowest BCUT2D eigenvalue weighted by molar-refractivity contribution is 0.425. The summed E-state index contributed by atoms with van der Waals surface area (Å²) in [5.74, 6) is 0. The van der Waals surface area contributed by atoms with Crippen LogP contribution in [-0.4, -0.2) is 17.2 Å². The molecule has 0 atom stereocenters. The van der Waals surface area contributed by atoms with Crippen molar-refractivity contribution in [2.75, 3.05) is 4.90 Å². The summed E-state index contributed by atoms with van der Waals surface area (Å²) < 4.78 is 0. The summed E-state index contributed by atoms with van der Waals surface area (Å²) in [6, 6.07) is 20.4. The molecule has 0 bridgehead atoms. The van der Waals surface area contributed by atoms with Crippen LogP contribution < -0.4 is 10.4 Å². The molecule has 5 rings (SSSR count). The molecule has 0 aliphatic carbocycles. The van der Waals surface area contributed by atoms with Gasteiger partial charge in [0.1, 0.15) is 0 Å². The molecule has 0 radical (unpaired) electrons. The molecule has 3 nitrogen and oxygen atoms in total. The zero-order valence-corrected chi connectivity index (χ0v) is 14.1. The van der Waals surface area contributed by atoms with Gasteiger partial charge in [-0.15, -0.1) is 0 Å². The Hall–Kier alpha value is -1.86. The normalized spacial score (nSPS) is 13.8. The Morgan fingerprint density at radius 3 is 1.71 bits per heavy atom. The third kappa shape index (κ3) is 2.04. The van der Waals surface area contributed by atoms with Crippen molar-refractivity contribution in [1.29, 1.82) is 0 Å². The zero-order chi connectivity index (χ0) is 16.3. The Kier molecular flexibility index (Phi) is 3.21. The van der Waals surface area contributed by atoms with E-state index in [9.17, 15) is 10.0 Å². The molecule has 0 unspecified atom stereocenters. The number of hydrogen-bond donors (Lipinski definition) is 2. The molecule has 2 N–H and O–H groups in total. The second-order valence-corrected chi connectivity index (χ2v) is 7.88. The van der Waals surface area contributed by atoms with Gasteiger partial charge in [-0.25, -0.2) is 0 Å². The van der Waals surface area contributed by atoms with E-state index in [1.54, 1.807) is 23.5 Å². The summed E-state index contributed by atoms with van der Waals surface area (Å²) in [6.45, 7) is 0. The maximum absolute atomic E-state index is 9.64. The van der Waals surface area contributed by atoms with Gasteiger partial charge in [-0.1, -0.05) is 47.8 Å². The SMILES string of the molecule is OB(O)c1cc2c3c(c1)Sc1ccccc1N3c1ccccc1S2. The minimum absolute atomic E-state index is 0.530. The van der Waals surface area contributed by atoms with Crippen LogP contribution in [0.4, 0.5) is 17.1 Å². The van der Waals surface area contributed by atoms with Crippen molar-refractivity contribution in [2.45, 2.75) is 19.6 Å². The lowest BCUT2D eigenvalue weighted by atomic mass is 9.80. The van der Waals surface area contributed by atoms with Gasteiger partial charge in [0.15, 0.2) is 0 Å². The predicted molar refractivity (Wildman–Crippen MR) is 99.2 cm³/mol. The van der Waals surface area contributed by atoms with Crippen molar-refractivity contribution < 1.29 is 10.0 Å². The van der Waals surface area contributed by atoms with Gasteiger partial charge in [0.2, 0.25) is 0 Å². The van der Waals surface area contributed by atoms with Gasteiger partial charge in [-0.05, 0) is 41.9 Å². The molecule has 0 saturated carbocycles. The van der Waals surface area contributed by atoms with Crippen LogP contribution in [0.1, 0.15) is 0 Å². The summed E-state index contributed by atoms with van der Waals surface area (Å²) >= 11 is 3.36. The summed E-state index contributed by atoms with van der Waals surface area (Å²) in [7, 11) is -1.46. The van der Waals surface area contributed by atoms with Gasteiger partial charge in [0.05, 0.1) is 17.1 Å². The van der Waals surface area contributed by atoms with E-state index in [-0.39, 0.29) is 0 Å². The minimum Gasteiger partial charge on any atom is -0.423 e. The topological polar surface area (TPSA) is 43.7 Å². The van der Waals surface area contributed by atoms with Crippen LogP contribution in [0.15, 0.2) is 80.2 Å². The highest BCUT2D eigenvalue weighted by Crippen LogP contribution is 2.59. The number of hydrogen-bond acceptors (Lipinski definition) is 5. The van der Waals surface area contributed by atoms with Gasteiger partial charge in [-0.2, -0.15) is 0 Å². The molecule has 0 spiro atoms. The molecule has 0 fully saturated rings. The van der Waals surface area contributed by atoms with Crippen LogP contribution in [0, 0.1) is 0 Å². The largest absolute Gasteiger partial charge is 0.488 e. The molecule has 0 aromatic heterocycles. The van der Waals surface area contributed by atoms with Crippen molar-refractivity contribution in [3.8, 4) is 0 Å². The maximum atomic E-state index is 9.64. The van der Waals surface area contributed by atoms with Crippen molar-refractivity contribution in [3.05, 3.63) is 60.7 Å². The summed E-state index contributed by atoms with van der Waals surface area (Å²) in [6.07, 6.45) is 0. The predicted octanol–water partition coefficient (Wildman–Crippen LogP) is 3.77. The third-order valence-corrected chi connectivity index (χ3v) is 6.43. The highest BCUT2D eigenvalue weighted by Gasteiger charge is 2.33. The molecular weight excluding hydrogens is 337 g/mol. The van der Waals surface area contributed by atoms with E-state index >= 15 is 0 Å². The lowest BCUT2D eigenvalue weighted by Crippen LogP contribution is -2.31. The van der Waals surface area contributed by atoms with E-state index in [0.29, 0.717) is 5.46 Å². The minimum atomic E-state index is -1.46.